The van der Waals surface area contributed by atoms with Crippen LogP contribution in [0, 0.1) is 0 Å². The van der Waals surface area contributed by atoms with Gasteiger partial charge in [-0.15, -0.1) is 0 Å². The van der Waals surface area contributed by atoms with E-state index in [0.717, 1.165) is 35.9 Å². The molecule has 0 aromatic carbocycles. The second-order valence-electron chi connectivity index (χ2n) is 4.14. The predicted molar refractivity (Wildman–Crippen MR) is 72.0 cm³/mol. The van der Waals surface area contributed by atoms with E-state index in [-0.39, 0.29) is 0 Å². The molecule has 0 amide bonds. The summed E-state index contributed by atoms with van der Waals surface area (Å²) in [4.78, 5) is 3.97. The minimum absolute atomic E-state index is 0.636. The first-order valence-electron chi connectivity index (χ1n) is 6.46. The van der Waals surface area contributed by atoms with E-state index < -0.39 is 0 Å². The van der Waals surface area contributed by atoms with Gasteiger partial charge in [0, 0.05) is 26.1 Å². The summed E-state index contributed by atoms with van der Waals surface area (Å²) >= 11 is 6.32. The van der Waals surface area contributed by atoms with E-state index >= 15 is 0 Å². The lowest BCUT2D eigenvalue weighted by Gasteiger charge is -2.06. The van der Waals surface area contributed by atoms with Gasteiger partial charge in [-0.25, -0.2) is 0 Å². The molecule has 0 saturated carbocycles. The average Bonchev–Trinajstić information content (AvgIpc) is 3.03. The van der Waals surface area contributed by atoms with Crippen molar-refractivity contribution < 1.29 is 4.52 Å². The van der Waals surface area contributed by atoms with E-state index in [1.165, 1.54) is 6.33 Å². The number of aromatic nitrogens is 4. The first kappa shape index (κ1) is 14.0. The van der Waals surface area contributed by atoms with Gasteiger partial charge in [-0.1, -0.05) is 23.7 Å². The molecule has 104 valence electrons. The van der Waals surface area contributed by atoms with E-state index in [9.17, 15) is 0 Å². The molecule has 2 aromatic heterocycles. The Labute approximate surface area is 117 Å². The molecule has 0 aliphatic heterocycles. The van der Waals surface area contributed by atoms with E-state index in [2.05, 4.69) is 34.4 Å². The molecule has 2 rings (SSSR count). The van der Waals surface area contributed by atoms with Crippen LogP contribution in [0.15, 0.2) is 10.9 Å². The largest absolute Gasteiger partial charge is 0.340 e. The molecule has 0 aliphatic rings. The van der Waals surface area contributed by atoms with Gasteiger partial charge >= 0.3 is 0 Å². The molecule has 0 unspecified atom stereocenters. The Morgan fingerprint density at radius 1 is 1.42 bits per heavy atom. The van der Waals surface area contributed by atoms with Gasteiger partial charge in [-0.05, 0) is 13.3 Å². The zero-order valence-electron chi connectivity index (χ0n) is 11.2. The number of hydrogen-bond donors (Lipinski definition) is 1. The molecule has 0 radical (unpaired) electrons. The summed E-state index contributed by atoms with van der Waals surface area (Å²) < 4.78 is 6.88. The van der Waals surface area contributed by atoms with Crippen molar-refractivity contribution in [2.24, 2.45) is 0 Å². The third-order valence-corrected chi connectivity index (χ3v) is 3.35. The van der Waals surface area contributed by atoms with Crippen LogP contribution in [0.25, 0.3) is 0 Å². The Morgan fingerprint density at radius 3 is 2.89 bits per heavy atom. The number of aryl methyl sites for hydroxylation is 2. The van der Waals surface area contributed by atoms with Crippen LogP contribution in [0.2, 0.25) is 5.02 Å². The zero-order valence-corrected chi connectivity index (χ0v) is 11.9. The van der Waals surface area contributed by atoms with Gasteiger partial charge in [0.25, 0.3) is 0 Å². The van der Waals surface area contributed by atoms with Crippen molar-refractivity contribution in [1.29, 1.82) is 0 Å². The fraction of sp³-hybridized carbons (Fsp3) is 0.583. The molecule has 0 bridgehead atoms. The van der Waals surface area contributed by atoms with Gasteiger partial charge in [0.1, 0.15) is 0 Å². The lowest BCUT2D eigenvalue weighted by atomic mass is 10.3. The van der Waals surface area contributed by atoms with Gasteiger partial charge < -0.3 is 9.84 Å². The lowest BCUT2D eigenvalue weighted by Crippen LogP contribution is -2.19. The monoisotopic (exact) mass is 283 g/mol. The highest BCUT2D eigenvalue weighted by molar-refractivity contribution is 6.31. The summed E-state index contributed by atoms with van der Waals surface area (Å²) in [6.07, 6.45) is 2.96. The van der Waals surface area contributed by atoms with E-state index in [1.54, 1.807) is 0 Å². The highest BCUT2D eigenvalue weighted by Crippen LogP contribution is 2.21. The Bertz CT molecular complexity index is 508. The summed E-state index contributed by atoms with van der Waals surface area (Å²) in [7, 11) is 0. The second kappa shape index (κ2) is 6.68. The summed E-state index contributed by atoms with van der Waals surface area (Å²) in [5, 5.41) is 12.1. The normalized spacial score (nSPS) is 11.1. The van der Waals surface area contributed by atoms with E-state index in [4.69, 9.17) is 16.1 Å². The Hall–Kier alpha value is -1.40. The minimum atomic E-state index is 0.636. The molecule has 2 heterocycles. The first-order chi connectivity index (χ1) is 9.26. The van der Waals surface area contributed by atoms with Gasteiger partial charge in [0.2, 0.25) is 5.89 Å². The third-order valence-electron chi connectivity index (χ3n) is 2.91. The number of nitrogens with one attached hydrogen (secondary N) is 1. The van der Waals surface area contributed by atoms with Crippen molar-refractivity contribution in [2.75, 3.05) is 6.54 Å². The second-order valence-corrected chi connectivity index (χ2v) is 4.52. The molecule has 0 saturated heterocycles. The average molecular weight is 284 g/mol. The fourth-order valence-electron chi connectivity index (χ4n) is 1.89. The molecule has 0 atom stereocenters. The van der Waals surface area contributed by atoms with E-state index in [1.807, 2.05) is 4.68 Å². The molecule has 7 heteroatoms. The highest BCUT2D eigenvalue weighted by Gasteiger charge is 2.13. The maximum atomic E-state index is 6.32. The molecule has 0 spiro atoms. The lowest BCUT2D eigenvalue weighted by molar-refractivity contribution is 0.374. The van der Waals surface area contributed by atoms with Gasteiger partial charge in [0.05, 0.1) is 16.4 Å². The first-order valence-corrected chi connectivity index (χ1v) is 6.84. The van der Waals surface area contributed by atoms with Crippen LogP contribution in [0.1, 0.15) is 31.1 Å². The SMILES string of the molecule is CCc1nn(CC)c(CNCCc2ncno2)c1Cl. The maximum absolute atomic E-state index is 6.32. The van der Waals surface area contributed by atoms with Crippen molar-refractivity contribution in [1.82, 2.24) is 25.2 Å². The van der Waals surface area contributed by atoms with Crippen LogP contribution in [0.4, 0.5) is 0 Å². The molecule has 6 nitrogen and oxygen atoms in total. The number of nitrogens with zero attached hydrogens (tertiary/aromatic N) is 4. The Kier molecular flexibility index (Phi) is 4.93. The minimum Gasteiger partial charge on any atom is -0.340 e. The molecule has 19 heavy (non-hydrogen) atoms. The molecular formula is C12H18ClN5O. The Morgan fingerprint density at radius 2 is 2.26 bits per heavy atom. The number of halogens is 1. The van der Waals surface area contributed by atoms with E-state index in [0.29, 0.717) is 18.9 Å². The molecule has 0 aliphatic carbocycles. The fourth-order valence-corrected chi connectivity index (χ4v) is 2.23. The van der Waals surface area contributed by atoms with Crippen LogP contribution in [0.5, 0.6) is 0 Å². The summed E-state index contributed by atoms with van der Waals surface area (Å²) in [6.45, 7) is 6.38. The predicted octanol–water partition coefficient (Wildman–Crippen LogP) is 1.83. The summed E-state index contributed by atoms with van der Waals surface area (Å²) in [5.41, 5.74) is 1.99. The van der Waals surface area contributed by atoms with Crippen molar-refractivity contribution in [3.63, 3.8) is 0 Å². The van der Waals surface area contributed by atoms with Crippen LogP contribution < -0.4 is 5.32 Å². The molecular weight excluding hydrogens is 266 g/mol. The van der Waals surface area contributed by atoms with Gasteiger partial charge in [-0.3, -0.25) is 4.68 Å². The van der Waals surface area contributed by atoms with Crippen molar-refractivity contribution in [3.8, 4) is 0 Å². The van der Waals surface area contributed by atoms with Crippen LogP contribution in [-0.2, 0) is 25.9 Å². The standard InChI is InChI=1S/C12H18ClN5O/c1-3-9-12(13)10(18(4-2)17-9)7-14-6-5-11-15-8-16-19-11/h8,14H,3-7H2,1-2H3. The summed E-state index contributed by atoms with van der Waals surface area (Å²) in [6, 6.07) is 0. The van der Waals surface area contributed by atoms with Crippen molar-refractivity contribution in [3.05, 3.63) is 28.6 Å². The highest BCUT2D eigenvalue weighted by atomic mass is 35.5. The topological polar surface area (TPSA) is 68.8 Å². The number of hydrogen-bond acceptors (Lipinski definition) is 5. The Balaban J connectivity index is 1.90. The molecule has 1 N–H and O–H groups in total. The third kappa shape index (κ3) is 3.33. The van der Waals surface area contributed by atoms with Crippen LogP contribution >= 0.6 is 11.6 Å². The maximum Gasteiger partial charge on any atom is 0.227 e. The number of rotatable bonds is 7. The molecule has 2 aromatic rings. The van der Waals surface area contributed by atoms with Crippen molar-refractivity contribution in [2.45, 2.75) is 39.8 Å². The molecule has 0 fully saturated rings. The van der Waals surface area contributed by atoms with Crippen LogP contribution in [0.3, 0.4) is 0 Å². The van der Waals surface area contributed by atoms with Crippen molar-refractivity contribution >= 4 is 11.6 Å². The zero-order chi connectivity index (χ0) is 13.7. The quantitative estimate of drug-likeness (QED) is 0.785. The van der Waals surface area contributed by atoms with Crippen LogP contribution in [-0.4, -0.2) is 26.5 Å². The van der Waals surface area contributed by atoms with Gasteiger partial charge in [-0.2, -0.15) is 10.1 Å². The van der Waals surface area contributed by atoms with Gasteiger partial charge in [0.15, 0.2) is 6.33 Å². The smallest absolute Gasteiger partial charge is 0.227 e. The summed E-state index contributed by atoms with van der Waals surface area (Å²) in [5.74, 6) is 0.636.